The molecule has 3 heterocycles. The van der Waals surface area contributed by atoms with Gasteiger partial charge >= 0.3 is 0 Å². The van der Waals surface area contributed by atoms with Crippen LogP contribution >= 0.6 is 0 Å². The largest absolute Gasteiger partial charge is 0.394 e. The second-order valence-corrected chi connectivity index (χ2v) is 5.07. The molecule has 0 bridgehead atoms. The lowest BCUT2D eigenvalue weighted by Gasteiger charge is -2.23. The summed E-state index contributed by atoms with van der Waals surface area (Å²) in [6.45, 7) is 3.06. The van der Waals surface area contributed by atoms with Gasteiger partial charge in [-0.1, -0.05) is 0 Å². The summed E-state index contributed by atoms with van der Waals surface area (Å²) in [5.74, 6) is -0.240. The van der Waals surface area contributed by atoms with Crippen molar-refractivity contribution >= 4 is 30.2 Å². The highest BCUT2D eigenvalue weighted by Gasteiger charge is 2.45. The van der Waals surface area contributed by atoms with E-state index in [2.05, 4.69) is 21.7 Å². The molecule has 1 saturated heterocycles. The van der Waals surface area contributed by atoms with E-state index in [0.717, 1.165) is 5.56 Å². The van der Waals surface area contributed by atoms with Crippen molar-refractivity contribution in [1.29, 1.82) is 0 Å². The van der Waals surface area contributed by atoms with E-state index in [4.69, 9.17) is 9.84 Å². The van der Waals surface area contributed by atoms with Crippen LogP contribution in [0.4, 0.5) is 11.5 Å². The van der Waals surface area contributed by atoms with Gasteiger partial charge in [-0.25, -0.2) is 9.98 Å². The monoisotopic (exact) mass is 289 g/mol. The van der Waals surface area contributed by atoms with Crippen LogP contribution in [0.15, 0.2) is 22.2 Å². The van der Waals surface area contributed by atoms with Crippen LogP contribution in [0.5, 0.6) is 0 Å². The Balaban J connectivity index is 1.85. The third-order valence-electron chi connectivity index (χ3n) is 3.80. The van der Waals surface area contributed by atoms with Gasteiger partial charge in [0.25, 0.3) is 0 Å². The van der Waals surface area contributed by atoms with E-state index < -0.39 is 30.7 Å². The van der Waals surface area contributed by atoms with Gasteiger partial charge in [0.05, 0.1) is 6.61 Å². The molecule has 2 aliphatic heterocycles. The van der Waals surface area contributed by atoms with E-state index in [-0.39, 0.29) is 5.92 Å². The molecular formula is C14H15N3O4. The van der Waals surface area contributed by atoms with Crippen LogP contribution in [-0.4, -0.2) is 58.8 Å². The Hall–Kier alpha value is -1.96. The normalized spacial score (nSPS) is 31.2. The van der Waals surface area contributed by atoms with Crippen molar-refractivity contribution in [2.45, 2.75) is 24.7 Å². The Morgan fingerprint density at radius 3 is 3.00 bits per heavy atom. The molecule has 0 radical (unpaired) electrons. The molecule has 0 aliphatic carbocycles. The second kappa shape index (κ2) is 5.44. The summed E-state index contributed by atoms with van der Waals surface area (Å²) in [5, 5.41) is 18.8. The molecule has 1 fully saturated rings. The van der Waals surface area contributed by atoms with Gasteiger partial charge in [-0.2, -0.15) is 0 Å². The number of hydrogen-bond acceptors (Lipinski definition) is 7. The zero-order valence-electron chi connectivity index (χ0n) is 11.2. The van der Waals surface area contributed by atoms with Crippen molar-refractivity contribution in [1.82, 2.24) is 4.98 Å². The Bertz CT molecular complexity index is 616. The van der Waals surface area contributed by atoms with Crippen molar-refractivity contribution in [2.75, 3.05) is 6.61 Å². The first-order valence-electron chi connectivity index (χ1n) is 6.62. The molecule has 7 heteroatoms. The van der Waals surface area contributed by atoms with Gasteiger partial charge < -0.3 is 14.9 Å². The first kappa shape index (κ1) is 14.0. The highest BCUT2D eigenvalue weighted by molar-refractivity contribution is 5.93. The Kier molecular flexibility index (Phi) is 3.62. The van der Waals surface area contributed by atoms with E-state index in [1.165, 1.54) is 0 Å². The SMILES string of the molecule is C=Nc1nccc2c1N=CC([C@@H]1O[C@H](CO)C(O)C1=O)C2. The summed E-state index contributed by atoms with van der Waals surface area (Å²) in [6.07, 6.45) is 0.836. The number of hydrogen-bond donors (Lipinski definition) is 2. The lowest BCUT2D eigenvalue weighted by Crippen LogP contribution is -2.34. The van der Waals surface area contributed by atoms with Gasteiger partial charge in [-0.3, -0.25) is 9.79 Å². The highest BCUT2D eigenvalue weighted by atomic mass is 16.5. The molecule has 1 aromatic heterocycles. The fourth-order valence-corrected chi connectivity index (χ4v) is 2.70. The molecule has 4 atom stereocenters. The van der Waals surface area contributed by atoms with Gasteiger partial charge in [0.15, 0.2) is 11.6 Å². The van der Waals surface area contributed by atoms with Crippen LogP contribution in [0.25, 0.3) is 0 Å². The highest BCUT2D eigenvalue weighted by Crippen LogP contribution is 2.36. The minimum absolute atomic E-state index is 0.281. The molecule has 110 valence electrons. The van der Waals surface area contributed by atoms with Gasteiger partial charge in [0.2, 0.25) is 0 Å². The molecule has 2 unspecified atom stereocenters. The number of aromatic nitrogens is 1. The predicted octanol–water partition coefficient (Wildman–Crippen LogP) is -0.0220. The smallest absolute Gasteiger partial charge is 0.193 e. The maximum atomic E-state index is 12.0. The van der Waals surface area contributed by atoms with E-state index in [0.29, 0.717) is 17.9 Å². The standard InChI is InChI=1S/C14H15N3O4/c1-15-14-10-7(2-3-16-14)4-8(5-17-10)13-12(20)11(19)9(6-18)21-13/h2-3,5,8-9,11,13,18-19H,1,4,6H2/t8?,9-,11?,13+/m1/s1. The Morgan fingerprint density at radius 2 is 2.33 bits per heavy atom. The number of carbonyl (C=O) groups is 1. The number of aliphatic hydroxyl groups excluding tert-OH is 2. The number of nitrogens with zero attached hydrogens (tertiary/aromatic N) is 3. The van der Waals surface area contributed by atoms with E-state index >= 15 is 0 Å². The number of ether oxygens (including phenoxy) is 1. The van der Waals surface area contributed by atoms with Crippen LogP contribution in [0, 0.1) is 5.92 Å². The molecule has 0 saturated carbocycles. The summed E-state index contributed by atoms with van der Waals surface area (Å²) >= 11 is 0. The number of ketones is 1. The van der Waals surface area contributed by atoms with Gasteiger partial charge in [-0.15, -0.1) is 0 Å². The third-order valence-corrected chi connectivity index (χ3v) is 3.80. The van der Waals surface area contributed by atoms with Gasteiger partial charge in [0.1, 0.15) is 24.0 Å². The van der Waals surface area contributed by atoms with Crippen LogP contribution in [-0.2, 0) is 16.0 Å². The molecule has 2 N–H and O–H groups in total. The molecule has 1 aromatic rings. The van der Waals surface area contributed by atoms with Crippen LogP contribution in [0.3, 0.4) is 0 Å². The fourth-order valence-electron chi connectivity index (χ4n) is 2.70. The van der Waals surface area contributed by atoms with Crippen molar-refractivity contribution < 1.29 is 19.7 Å². The van der Waals surface area contributed by atoms with Crippen molar-refractivity contribution in [2.24, 2.45) is 15.9 Å². The van der Waals surface area contributed by atoms with Gasteiger partial charge in [0, 0.05) is 18.3 Å². The summed E-state index contributed by atoms with van der Waals surface area (Å²) < 4.78 is 5.45. The molecule has 2 aliphatic rings. The lowest BCUT2D eigenvalue weighted by molar-refractivity contribution is -0.127. The topological polar surface area (TPSA) is 104 Å². The first-order valence-corrected chi connectivity index (χ1v) is 6.62. The molecule has 0 amide bonds. The van der Waals surface area contributed by atoms with Gasteiger partial charge in [-0.05, 0) is 24.8 Å². The fraction of sp³-hybridized carbons (Fsp3) is 0.429. The van der Waals surface area contributed by atoms with Crippen LogP contribution in [0.1, 0.15) is 5.56 Å². The predicted molar refractivity (Wildman–Crippen MR) is 75.6 cm³/mol. The number of rotatable bonds is 3. The maximum Gasteiger partial charge on any atom is 0.193 e. The summed E-state index contributed by atoms with van der Waals surface area (Å²) in [5.41, 5.74) is 1.55. The molecule has 7 nitrogen and oxygen atoms in total. The van der Waals surface area contributed by atoms with Crippen LogP contribution in [0.2, 0.25) is 0 Å². The maximum absolute atomic E-state index is 12.0. The molecule has 3 rings (SSSR count). The lowest BCUT2D eigenvalue weighted by atomic mass is 9.90. The number of pyridine rings is 1. The first-order chi connectivity index (χ1) is 10.2. The summed E-state index contributed by atoms with van der Waals surface area (Å²) in [6, 6.07) is 1.81. The second-order valence-electron chi connectivity index (χ2n) is 5.07. The third kappa shape index (κ3) is 2.29. The minimum Gasteiger partial charge on any atom is -0.394 e. The Labute approximate surface area is 121 Å². The number of fused-ring (bicyclic) bond motifs is 1. The molecule has 21 heavy (non-hydrogen) atoms. The minimum atomic E-state index is -1.28. The number of carbonyl (C=O) groups excluding carboxylic acids is 1. The number of aliphatic imine (C=N–C) groups is 2. The molecule has 0 aromatic carbocycles. The molecule has 0 spiro atoms. The quantitative estimate of drug-likeness (QED) is 0.761. The number of Topliss-reactive ketones (excluding diaryl/α,β-unsaturated/α-hetero) is 1. The van der Waals surface area contributed by atoms with E-state index in [1.807, 2.05) is 6.07 Å². The van der Waals surface area contributed by atoms with Crippen molar-refractivity contribution in [3.8, 4) is 0 Å². The summed E-state index contributed by atoms with van der Waals surface area (Å²) in [4.78, 5) is 24.2. The summed E-state index contributed by atoms with van der Waals surface area (Å²) in [7, 11) is 0. The average Bonchev–Trinajstić information content (AvgIpc) is 2.81. The average molecular weight is 289 g/mol. The van der Waals surface area contributed by atoms with Crippen LogP contribution < -0.4 is 0 Å². The van der Waals surface area contributed by atoms with E-state index in [9.17, 15) is 9.90 Å². The molecular weight excluding hydrogens is 274 g/mol. The van der Waals surface area contributed by atoms with Crippen molar-refractivity contribution in [3.05, 3.63) is 17.8 Å². The Morgan fingerprint density at radius 1 is 1.52 bits per heavy atom. The zero-order valence-corrected chi connectivity index (χ0v) is 11.2. The van der Waals surface area contributed by atoms with Crippen molar-refractivity contribution in [3.63, 3.8) is 0 Å². The van der Waals surface area contributed by atoms with E-state index in [1.54, 1.807) is 12.4 Å². The number of aliphatic hydroxyl groups is 2. The zero-order chi connectivity index (χ0) is 15.0.